The average molecular weight is 710 g/mol. The van der Waals surface area contributed by atoms with Crippen LogP contribution in [-0.2, 0) is 32.7 Å². The molecule has 1 saturated carbocycles. The zero-order chi connectivity index (χ0) is 33.5. The first-order valence-electron chi connectivity index (χ1n) is 17.8. The largest absolute Gasteiger partial charge is 0.363 e. The fourth-order valence-electron chi connectivity index (χ4n) is 5.88. The Balaban J connectivity index is 0.00000126. The van der Waals surface area contributed by atoms with Gasteiger partial charge in [0.25, 0.3) is 5.91 Å². The van der Waals surface area contributed by atoms with Gasteiger partial charge in [0.1, 0.15) is 0 Å². The molecular weight excluding hydrogens is 645 g/mol. The summed E-state index contributed by atoms with van der Waals surface area (Å²) in [5.74, 6) is 1.37. The molecule has 2 heterocycles. The third-order valence-corrected chi connectivity index (χ3v) is 8.53. The smallest absolute Gasteiger partial charge is 0.251 e. The van der Waals surface area contributed by atoms with Gasteiger partial charge in [0.2, 0.25) is 0 Å². The van der Waals surface area contributed by atoms with E-state index in [1.54, 1.807) is 0 Å². The van der Waals surface area contributed by atoms with Crippen LogP contribution < -0.4 is 5.32 Å². The second kappa shape index (κ2) is 27.4. The third-order valence-electron chi connectivity index (χ3n) is 8.53. The van der Waals surface area contributed by atoms with Gasteiger partial charge in [-0.05, 0) is 101 Å². The van der Waals surface area contributed by atoms with Crippen molar-refractivity contribution in [2.24, 2.45) is 5.92 Å². The molecule has 1 saturated heterocycles. The van der Waals surface area contributed by atoms with Crippen molar-refractivity contribution in [1.29, 1.82) is 0 Å². The number of piperidine rings is 1. The minimum absolute atomic E-state index is 0. The molecule has 7 heteroatoms. The Kier molecular flexibility index (Phi) is 26.4. The van der Waals surface area contributed by atoms with E-state index in [2.05, 4.69) is 53.2 Å². The molecule has 1 aliphatic carbocycles. The Morgan fingerprint density at radius 3 is 1.98 bits per heavy atom. The molecule has 3 aromatic rings. The molecule has 46 heavy (non-hydrogen) atoms. The summed E-state index contributed by atoms with van der Waals surface area (Å²) in [5.41, 5.74) is 2.81. The number of likely N-dealkylation sites (tertiary alicyclic amines) is 1. The van der Waals surface area contributed by atoms with E-state index in [0.29, 0.717) is 12.0 Å². The van der Waals surface area contributed by atoms with Crippen LogP contribution in [0.1, 0.15) is 115 Å². The summed E-state index contributed by atoms with van der Waals surface area (Å²) in [6.07, 6.45) is 8.25. The van der Waals surface area contributed by atoms with Gasteiger partial charge in [-0.3, -0.25) is 4.79 Å². The van der Waals surface area contributed by atoms with Crippen LogP contribution in [0.3, 0.4) is 0 Å². The van der Waals surface area contributed by atoms with Gasteiger partial charge in [0, 0.05) is 55.6 Å². The summed E-state index contributed by atoms with van der Waals surface area (Å²) in [6, 6.07) is 18.1. The van der Waals surface area contributed by atoms with Gasteiger partial charge >= 0.3 is 0 Å². The molecule has 5 rings (SSSR count). The number of rotatable bonds is 9. The SMILES string of the molecule is CC.CC.CC.O=C(NC1CCC(CCN2CCC(c3noc4ccccc34)CC2)CC1)c1ccccc1.[CH2-]CN(C[CH2-])CC.[Y]. The van der Waals surface area contributed by atoms with Crippen molar-refractivity contribution in [3.8, 4) is 0 Å². The van der Waals surface area contributed by atoms with Gasteiger partial charge < -0.3 is 33.5 Å². The van der Waals surface area contributed by atoms with E-state index in [-0.39, 0.29) is 38.6 Å². The number of amides is 1. The van der Waals surface area contributed by atoms with Crippen molar-refractivity contribution >= 4 is 16.9 Å². The van der Waals surface area contributed by atoms with Gasteiger partial charge in [-0.1, -0.05) is 84.0 Å². The predicted octanol–water partition coefficient (Wildman–Crippen LogP) is 9.44. The minimum Gasteiger partial charge on any atom is -0.363 e. The van der Waals surface area contributed by atoms with Crippen molar-refractivity contribution in [3.63, 3.8) is 0 Å². The molecule has 6 nitrogen and oxygen atoms in total. The molecule has 257 valence electrons. The molecule has 2 aromatic carbocycles. The number of hydrogen-bond acceptors (Lipinski definition) is 5. The van der Waals surface area contributed by atoms with E-state index >= 15 is 0 Å². The molecule has 1 aromatic heterocycles. The Hall–Kier alpha value is -1.60. The maximum absolute atomic E-state index is 12.4. The van der Waals surface area contributed by atoms with Gasteiger partial charge in [0.05, 0.1) is 5.69 Å². The molecule has 1 radical (unpaired) electrons. The number of carbonyl (C=O) groups is 1. The molecule has 2 fully saturated rings. The van der Waals surface area contributed by atoms with Gasteiger partial charge in [-0.25, -0.2) is 0 Å². The topological polar surface area (TPSA) is 61.6 Å². The molecule has 0 spiro atoms. The van der Waals surface area contributed by atoms with Crippen molar-refractivity contribution in [2.75, 3.05) is 39.3 Å². The summed E-state index contributed by atoms with van der Waals surface area (Å²) < 4.78 is 5.52. The molecule has 0 unspecified atom stereocenters. The fraction of sp³-hybridized carbons (Fsp3) is 0.590. The summed E-state index contributed by atoms with van der Waals surface area (Å²) >= 11 is 0. The molecule has 1 aliphatic heterocycles. The van der Waals surface area contributed by atoms with Crippen LogP contribution in [0, 0.1) is 19.8 Å². The molecule has 0 atom stereocenters. The number of benzene rings is 2. The van der Waals surface area contributed by atoms with Crippen LogP contribution in [0.2, 0.25) is 0 Å². The number of fused-ring (bicyclic) bond motifs is 1. The number of carbonyl (C=O) groups excluding carboxylic acids is 1. The Bertz CT molecular complexity index is 1110. The number of aromatic nitrogens is 1. The maximum atomic E-state index is 12.4. The monoisotopic (exact) mass is 709 g/mol. The Morgan fingerprint density at radius 2 is 1.43 bits per heavy atom. The normalized spacial score (nSPS) is 17.8. The molecule has 1 N–H and O–H groups in total. The van der Waals surface area contributed by atoms with Crippen LogP contribution in [0.25, 0.3) is 11.0 Å². The summed E-state index contributed by atoms with van der Waals surface area (Å²) in [7, 11) is 0. The van der Waals surface area contributed by atoms with E-state index < -0.39 is 0 Å². The van der Waals surface area contributed by atoms with E-state index in [1.165, 1.54) is 31.2 Å². The maximum Gasteiger partial charge on any atom is 0.251 e. The van der Waals surface area contributed by atoms with Crippen LogP contribution in [0.4, 0.5) is 0 Å². The summed E-state index contributed by atoms with van der Waals surface area (Å²) in [6.45, 7) is 27.8. The van der Waals surface area contributed by atoms with Gasteiger partial charge in [0.15, 0.2) is 5.58 Å². The van der Waals surface area contributed by atoms with E-state index in [4.69, 9.17) is 4.52 Å². The summed E-state index contributed by atoms with van der Waals surface area (Å²) in [5, 5.41) is 8.80. The van der Waals surface area contributed by atoms with E-state index in [1.807, 2.05) is 84.0 Å². The number of para-hydroxylation sites is 1. The zero-order valence-electron chi connectivity index (χ0n) is 30.3. The minimum atomic E-state index is 0. The summed E-state index contributed by atoms with van der Waals surface area (Å²) in [4.78, 5) is 17.2. The van der Waals surface area contributed by atoms with E-state index in [9.17, 15) is 4.79 Å². The average Bonchev–Trinajstić information content (AvgIpc) is 3.56. The predicted molar refractivity (Wildman–Crippen MR) is 194 cm³/mol. The van der Waals surface area contributed by atoms with Crippen molar-refractivity contribution in [2.45, 2.75) is 105 Å². The molecule has 1 amide bonds. The van der Waals surface area contributed by atoms with Crippen LogP contribution >= 0.6 is 0 Å². The van der Waals surface area contributed by atoms with Crippen LogP contribution in [-0.4, -0.2) is 66.2 Å². The van der Waals surface area contributed by atoms with Crippen LogP contribution in [0.15, 0.2) is 59.1 Å². The number of hydrogen-bond donors (Lipinski definition) is 1. The van der Waals surface area contributed by atoms with Gasteiger partial charge in [-0.2, -0.15) is 0 Å². The Labute approximate surface area is 307 Å². The molecule has 2 aliphatic rings. The van der Waals surface area contributed by atoms with Crippen molar-refractivity contribution < 1.29 is 42.0 Å². The zero-order valence-corrected chi connectivity index (χ0v) is 33.1. The van der Waals surface area contributed by atoms with Gasteiger partial charge in [-0.15, -0.1) is 13.1 Å². The van der Waals surface area contributed by atoms with E-state index in [0.717, 1.165) is 81.2 Å². The standard InChI is InChI=1S/C27H33N3O2.C6H13N.3C2H6.Y/c31-27(22-6-2-1-3-7-22)28-23-12-10-20(11-13-23)14-17-30-18-15-21(16-19-30)26-24-8-4-5-9-25(24)32-29-26;1-4-7(5-2)6-3;3*1-2;/h1-9,20-21,23H,10-19H2,(H,28,31);1-2,4-6H2,3H3;3*1-2H3;/q;-2;;;;. The molecule has 0 bridgehead atoms. The second-order valence-corrected chi connectivity index (χ2v) is 11.0. The number of nitrogens with one attached hydrogen (secondary N) is 1. The fourth-order valence-corrected chi connectivity index (χ4v) is 5.88. The first-order valence-corrected chi connectivity index (χ1v) is 17.8. The number of nitrogens with zero attached hydrogens (tertiary/aromatic N) is 3. The third kappa shape index (κ3) is 15.1. The molecular formula is C39H64N4O2Y-2. The van der Waals surface area contributed by atoms with Crippen molar-refractivity contribution in [1.82, 2.24) is 20.3 Å². The Morgan fingerprint density at radius 1 is 0.870 bits per heavy atom. The van der Waals surface area contributed by atoms with Crippen molar-refractivity contribution in [3.05, 3.63) is 79.7 Å². The second-order valence-electron chi connectivity index (χ2n) is 11.0. The first kappa shape index (κ1) is 44.4. The first-order chi connectivity index (χ1) is 22.1. The quantitative estimate of drug-likeness (QED) is 0.225. The van der Waals surface area contributed by atoms with Crippen LogP contribution in [0.5, 0.6) is 0 Å².